The summed E-state index contributed by atoms with van der Waals surface area (Å²) in [5.41, 5.74) is 2.87. The van der Waals surface area contributed by atoms with Crippen molar-refractivity contribution in [3.8, 4) is 0 Å². The molecule has 0 unspecified atom stereocenters. The average molecular weight is 446 g/mol. The highest BCUT2D eigenvalue weighted by Gasteiger charge is 2.26. The van der Waals surface area contributed by atoms with Gasteiger partial charge in [-0.05, 0) is 74.4 Å². The van der Waals surface area contributed by atoms with Crippen LogP contribution in [0.2, 0.25) is 0 Å². The van der Waals surface area contributed by atoms with Gasteiger partial charge in [0.1, 0.15) is 0 Å². The number of aromatic nitrogens is 2. The second-order valence-corrected chi connectivity index (χ2v) is 9.62. The molecular formula is C21H27N5O4S. The number of carbonyl (C=O) groups excluding carboxylic acids is 1. The number of anilines is 2. The van der Waals surface area contributed by atoms with Gasteiger partial charge in [0.2, 0.25) is 10.0 Å². The number of hydrogen-bond acceptors (Lipinski definition) is 7. The highest BCUT2D eigenvalue weighted by atomic mass is 32.2. The summed E-state index contributed by atoms with van der Waals surface area (Å²) in [7, 11) is -2.38. The van der Waals surface area contributed by atoms with Crippen molar-refractivity contribution in [2.45, 2.75) is 49.5 Å². The van der Waals surface area contributed by atoms with Crippen LogP contribution >= 0.6 is 0 Å². The number of hydrogen-bond donors (Lipinski definition) is 2. The Balaban J connectivity index is 1.34. The molecule has 1 fully saturated rings. The summed E-state index contributed by atoms with van der Waals surface area (Å²) in [5.74, 6) is 0.885. The molecule has 31 heavy (non-hydrogen) atoms. The number of ether oxygens (including phenoxy) is 1. The van der Waals surface area contributed by atoms with Crippen LogP contribution in [0.3, 0.4) is 0 Å². The minimum absolute atomic E-state index is 0.139. The third kappa shape index (κ3) is 5.13. The molecule has 0 radical (unpaired) electrons. The molecule has 1 amide bonds. The summed E-state index contributed by atoms with van der Waals surface area (Å²) in [4.78, 5) is 13.6. The van der Waals surface area contributed by atoms with E-state index in [1.54, 1.807) is 0 Å². The second kappa shape index (κ2) is 9.19. The number of carbonyl (C=O) groups is 1. The minimum atomic E-state index is -3.65. The Morgan fingerprint density at radius 1 is 1.10 bits per heavy atom. The molecule has 0 spiro atoms. The van der Waals surface area contributed by atoms with Crippen molar-refractivity contribution >= 4 is 27.6 Å². The number of amides is 1. The van der Waals surface area contributed by atoms with E-state index in [0.717, 1.165) is 37.4 Å². The number of aryl methyl sites for hydroxylation is 2. The summed E-state index contributed by atoms with van der Waals surface area (Å²) < 4.78 is 32.8. The van der Waals surface area contributed by atoms with E-state index in [1.807, 2.05) is 0 Å². The molecule has 10 heteroatoms. The van der Waals surface area contributed by atoms with Crippen LogP contribution in [0.25, 0.3) is 0 Å². The Hall–Kier alpha value is -2.72. The molecule has 1 saturated heterocycles. The zero-order chi connectivity index (χ0) is 21.8. The summed E-state index contributed by atoms with van der Waals surface area (Å²) in [6.07, 6.45) is 5.22. The molecule has 2 aliphatic rings. The molecule has 0 bridgehead atoms. The molecule has 1 aromatic heterocycles. The predicted octanol–water partition coefficient (Wildman–Crippen LogP) is 2.48. The molecule has 2 N–H and O–H groups in total. The predicted molar refractivity (Wildman–Crippen MR) is 117 cm³/mol. The van der Waals surface area contributed by atoms with Crippen LogP contribution in [-0.2, 0) is 27.6 Å². The molecule has 1 aromatic carbocycles. The maximum atomic E-state index is 12.7. The van der Waals surface area contributed by atoms with Crippen molar-refractivity contribution in [1.29, 1.82) is 0 Å². The van der Waals surface area contributed by atoms with E-state index in [2.05, 4.69) is 35.9 Å². The summed E-state index contributed by atoms with van der Waals surface area (Å²) in [6, 6.07) is 8.00. The lowest BCUT2D eigenvalue weighted by atomic mass is 9.96. The van der Waals surface area contributed by atoms with Crippen molar-refractivity contribution in [2.75, 3.05) is 30.4 Å². The third-order valence-electron chi connectivity index (χ3n) is 5.79. The van der Waals surface area contributed by atoms with E-state index in [9.17, 15) is 13.2 Å². The lowest BCUT2D eigenvalue weighted by Crippen LogP contribution is -2.45. The van der Waals surface area contributed by atoms with E-state index in [4.69, 9.17) is 0 Å². The van der Waals surface area contributed by atoms with Crippen molar-refractivity contribution < 1.29 is 17.9 Å². The minimum Gasteiger partial charge on any atom is -0.453 e. The monoisotopic (exact) mass is 445 g/mol. The summed E-state index contributed by atoms with van der Waals surface area (Å²) in [5, 5.41) is 11.3. The maximum absolute atomic E-state index is 12.7. The van der Waals surface area contributed by atoms with Gasteiger partial charge in [0.15, 0.2) is 5.82 Å². The Morgan fingerprint density at radius 2 is 1.81 bits per heavy atom. The topological polar surface area (TPSA) is 114 Å². The van der Waals surface area contributed by atoms with Crippen LogP contribution in [0.15, 0.2) is 35.2 Å². The van der Waals surface area contributed by atoms with E-state index in [0.29, 0.717) is 18.5 Å². The second-order valence-electron chi connectivity index (χ2n) is 7.91. The lowest BCUT2D eigenvalue weighted by Gasteiger charge is -2.33. The van der Waals surface area contributed by atoms with E-state index in [1.165, 1.54) is 49.8 Å². The van der Waals surface area contributed by atoms with Crippen LogP contribution in [0.4, 0.5) is 16.3 Å². The largest absolute Gasteiger partial charge is 0.453 e. The Morgan fingerprint density at radius 3 is 2.52 bits per heavy atom. The van der Waals surface area contributed by atoms with E-state index >= 15 is 0 Å². The molecule has 166 valence electrons. The molecule has 0 atom stereocenters. The molecule has 9 nitrogen and oxygen atoms in total. The molecule has 4 rings (SSSR count). The lowest BCUT2D eigenvalue weighted by molar-refractivity contribution is 0.187. The van der Waals surface area contributed by atoms with Gasteiger partial charge in [-0.3, -0.25) is 5.32 Å². The number of rotatable bonds is 5. The van der Waals surface area contributed by atoms with Crippen molar-refractivity contribution in [3.63, 3.8) is 0 Å². The zero-order valence-corrected chi connectivity index (χ0v) is 18.3. The Labute approximate surface area is 182 Å². The van der Waals surface area contributed by atoms with Gasteiger partial charge >= 0.3 is 6.09 Å². The fourth-order valence-corrected chi connectivity index (χ4v) is 5.34. The van der Waals surface area contributed by atoms with Gasteiger partial charge in [-0.2, -0.15) is 5.10 Å². The Bertz CT molecular complexity index is 1030. The normalized spacial score (nSPS) is 17.1. The first kappa shape index (κ1) is 21.5. The fraction of sp³-hybridized carbons (Fsp3) is 0.476. The van der Waals surface area contributed by atoms with Gasteiger partial charge in [0.25, 0.3) is 0 Å². The molecule has 2 aromatic rings. The molecular weight excluding hydrogens is 418 g/mol. The van der Waals surface area contributed by atoms with Crippen LogP contribution in [0.1, 0.15) is 36.9 Å². The van der Waals surface area contributed by atoms with Gasteiger partial charge in [-0.1, -0.05) is 0 Å². The van der Waals surface area contributed by atoms with Crippen LogP contribution in [0, 0.1) is 0 Å². The van der Waals surface area contributed by atoms with Gasteiger partial charge in [-0.25, -0.2) is 17.9 Å². The number of piperidine rings is 1. The maximum Gasteiger partial charge on any atom is 0.411 e. The van der Waals surface area contributed by atoms with Crippen LogP contribution in [0.5, 0.6) is 0 Å². The van der Waals surface area contributed by atoms with Crippen molar-refractivity contribution in [3.05, 3.63) is 41.6 Å². The first-order chi connectivity index (χ1) is 14.9. The standard InChI is InChI=1S/C21H27N5O4S/c1-30-21(27)22-16-6-8-18(9-7-16)31(28,29)25-17-10-12-26(13-11-17)20-14-15-4-2-3-5-19(15)23-24-20/h6-9,14,17,25H,2-5,10-13H2,1H3,(H,22,27). The number of methoxy groups -OCH3 is 1. The first-order valence-electron chi connectivity index (χ1n) is 10.5. The number of sulfonamides is 1. The van der Waals surface area contributed by atoms with E-state index in [-0.39, 0.29) is 10.9 Å². The average Bonchev–Trinajstić information content (AvgIpc) is 2.79. The molecule has 1 aliphatic carbocycles. The first-order valence-corrected chi connectivity index (χ1v) is 12.0. The number of fused-ring (bicyclic) bond motifs is 1. The van der Waals surface area contributed by atoms with Crippen LogP contribution in [-0.4, -0.2) is 50.9 Å². The van der Waals surface area contributed by atoms with Crippen molar-refractivity contribution in [2.24, 2.45) is 0 Å². The van der Waals surface area contributed by atoms with E-state index < -0.39 is 16.1 Å². The molecule has 2 heterocycles. The molecule has 1 aliphatic heterocycles. The summed E-state index contributed by atoms with van der Waals surface area (Å²) >= 11 is 0. The highest BCUT2D eigenvalue weighted by Crippen LogP contribution is 2.25. The quantitative estimate of drug-likeness (QED) is 0.727. The van der Waals surface area contributed by atoms with Gasteiger partial charge in [-0.15, -0.1) is 5.10 Å². The SMILES string of the molecule is COC(=O)Nc1ccc(S(=O)(=O)NC2CCN(c3cc4c(nn3)CCCC4)CC2)cc1. The molecule has 0 saturated carbocycles. The number of nitrogens with one attached hydrogen (secondary N) is 2. The van der Waals surface area contributed by atoms with Crippen LogP contribution < -0.4 is 14.9 Å². The van der Waals surface area contributed by atoms with Gasteiger partial charge in [0, 0.05) is 24.8 Å². The fourth-order valence-electron chi connectivity index (χ4n) is 4.03. The number of nitrogens with zero attached hydrogens (tertiary/aromatic N) is 3. The number of benzene rings is 1. The zero-order valence-electron chi connectivity index (χ0n) is 17.5. The van der Waals surface area contributed by atoms with Gasteiger partial charge < -0.3 is 9.64 Å². The van der Waals surface area contributed by atoms with Gasteiger partial charge in [0.05, 0.1) is 17.7 Å². The Kier molecular flexibility index (Phi) is 6.38. The third-order valence-corrected chi connectivity index (χ3v) is 7.33. The summed E-state index contributed by atoms with van der Waals surface area (Å²) in [6.45, 7) is 1.45. The highest BCUT2D eigenvalue weighted by molar-refractivity contribution is 7.89. The smallest absolute Gasteiger partial charge is 0.411 e. The van der Waals surface area contributed by atoms with Crippen molar-refractivity contribution in [1.82, 2.24) is 14.9 Å².